The van der Waals surface area contributed by atoms with Crippen LogP contribution in [0.4, 0.5) is 0 Å². The van der Waals surface area contributed by atoms with Crippen LogP contribution in [0.2, 0.25) is 3.43 Å². The Bertz CT molecular complexity index is 401. The van der Waals surface area contributed by atoms with Crippen molar-refractivity contribution >= 4 is 24.7 Å². The molecule has 0 aliphatic heterocycles. The summed E-state index contributed by atoms with van der Waals surface area (Å²) < 4.78 is 3.69. The number of aryl methyl sites for hydroxylation is 2. The van der Waals surface area contributed by atoms with E-state index in [0.29, 0.717) is 3.43 Å². The van der Waals surface area contributed by atoms with Gasteiger partial charge in [-0.3, -0.25) is 0 Å². The van der Waals surface area contributed by atoms with Gasteiger partial charge in [0.25, 0.3) is 0 Å². The topological polar surface area (TPSA) is 22.0 Å². The third-order valence-electron chi connectivity index (χ3n) is 2.13. The molecule has 0 N–H and O–H groups in total. The Hall–Kier alpha value is -0.251. The van der Waals surface area contributed by atoms with E-state index in [1.807, 2.05) is 18.4 Å². The normalized spacial score (nSPS) is 11.8. The van der Waals surface area contributed by atoms with E-state index in [2.05, 4.69) is 33.0 Å². The van der Waals surface area contributed by atoms with Gasteiger partial charge in [0.1, 0.15) is 0 Å². The van der Waals surface area contributed by atoms with Crippen LogP contribution in [-0.4, -0.2) is 25.7 Å². The summed E-state index contributed by atoms with van der Waals surface area (Å²) in [7, 11) is 0. The second-order valence-electron chi connectivity index (χ2n) is 4.88. The number of rotatable bonds is 2. The molecule has 1 heterocycles. The molecular weight excluding hydrogens is 293 g/mol. The van der Waals surface area contributed by atoms with Crippen LogP contribution in [0.25, 0.3) is 0 Å². The number of aromatic nitrogens is 1. The van der Waals surface area contributed by atoms with E-state index in [0.717, 1.165) is 12.1 Å². The first kappa shape index (κ1) is 12.8. The molecule has 0 aromatic carbocycles. The SMILES string of the molecule is CCn1c[c]([Sn][C](C)(C)C)cc(C)c1=O. The molecule has 2 nitrogen and oxygen atoms in total. The van der Waals surface area contributed by atoms with Crippen molar-refractivity contribution in [2.75, 3.05) is 0 Å². The first-order valence-electron chi connectivity index (χ1n) is 5.33. The van der Waals surface area contributed by atoms with Crippen LogP contribution in [0, 0.1) is 6.92 Å². The third-order valence-corrected chi connectivity index (χ3v) is 5.87. The van der Waals surface area contributed by atoms with Crippen LogP contribution in [0.5, 0.6) is 0 Å². The van der Waals surface area contributed by atoms with Crippen molar-refractivity contribution in [2.45, 2.75) is 44.6 Å². The van der Waals surface area contributed by atoms with Crippen molar-refractivity contribution in [1.29, 1.82) is 0 Å². The van der Waals surface area contributed by atoms with E-state index >= 15 is 0 Å². The number of nitrogens with zero attached hydrogens (tertiary/aromatic N) is 1. The molecule has 1 aromatic rings. The molecule has 0 bridgehead atoms. The maximum atomic E-state index is 11.7. The quantitative estimate of drug-likeness (QED) is 0.762. The van der Waals surface area contributed by atoms with Gasteiger partial charge in [-0.2, -0.15) is 0 Å². The van der Waals surface area contributed by atoms with Gasteiger partial charge in [0.15, 0.2) is 0 Å². The van der Waals surface area contributed by atoms with Crippen LogP contribution >= 0.6 is 0 Å². The van der Waals surface area contributed by atoms with Crippen LogP contribution in [0.1, 0.15) is 33.3 Å². The molecule has 2 radical (unpaired) electrons. The van der Waals surface area contributed by atoms with E-state index in [9.17, 15) is 4.79 Å². The summed E-state index contributed by atoms with van der Waals surface area (Å²) in [4.78, 5) is 11.7. The van der Waals surface area contributed by atoms with Gasteiger partial charge in [0.05, 0.1) is 0 Å². The van der Waals surface area contributed by atoms with Crippen LogP contribution in [0.3, 0.4) is 0 Å². The second kappa shape index (κ2) is 4.72. The summed E-state index contributed by atoms with van der Waals surface area (Å²) in [6.07, 6.45) is 2.06. The molecule has 0 fully saturated rings. The van der Waals surface area contributed by atoms with Gasteiger partial charge >= 0.3 is 102 Å². The number of pyridine rings is 1. The first-order chi connectivity index (χ1) is 6.83. The Morgan fingerprint density at radius 3 is 2.47 bits per heavy atom. The summed E-state index contributed by atoms with van der Waals surface area (Å²) in [5, 5.41) is 0. The van der Waals surface area contributed by atoms with Crippen LogP contribution < -0.4 is 9.14 Å². The third kappa shape index (κ3) is 3.67. The number of hydrogen-bond donors (Lipinski definition) is 0. The predicted octanol–water partition coefficient (Wildman–Crippen LogP) is 1.72. The molecule has 82 valence electrons. The van der Waals surface area contributed by atoms with E-state index in [1.54, 1.807) is 0 Å². The van der Waals surface area contributed by atoms with E-state index in [-0.39, 0.29) is 5.56 Å². The van der Waals surface area contributed by atoms with E-state index in [4.69, 9.17) is 0 Å². The van der Waals surface area contributed by atoms with Gasteiger partial charge in [-0.25, -0.2) is 0 Å². The van der Waals surface area contributed by atoms with Crippen LogP contribution in [0.15, 0.2) is 17.1 Å². The van der Waals surface area contributed by atoms with Gasteiger partial charge in [-0.1, -0.05) is 0 Å². The molecule has 1 aromatic heterocycles. The van der Waals surface area contributed by atoms with Crippen LogP contribution in [-0.2, 0) is 6.54 Å². The molecule has 3 heteroatoms. The fourth-order valence-corrected chi connectivity index (χ4v) is 5.45. The molecule has 0 aliphatic rings. The average Bonchev–Trinajstić information content (AvgIpc) is 2.08. The second-order valence-corrected chi connectivity index (χ2v) is 11.5. The van der Waals surface area contributed by atoms with Crippen molar-refractivity contribution < 1.29 is 0 Å². The molecule has 0 atom stereocenters. The molecule has 0 unspecified atom stereocenters. The Kier molecular flexibility index (Phi) is 4.04. The molecule has 1 rings (SSSR count). The minimum atomic E-state index is -0.594. The minimum absolute atomic E-state index is 0.162. The number of hydrogen-bond acceptors (Lipinski definition) is 1. The summed E-state index contributed by atoms with van der Waals surface area (Å²) in [5.41, 5.74) is 1.05. The molecule has 0 spiro atoms. The fourth-order valence-electron chi connectivity index (χ4n) is 1.52. The van der Waals surface area contributed by atoms with Crippen molar-refractivity contribution in [1.82, 2.24) is 4.57 Å². The summed E-state index contributed by atoms with van der Waals surface area (Å²) >= 11 is -0.594. The summed E-state index contributed by atoms with van der Waals surface area (Å²) in [5.74, 6) is 0. The Morgan fingerprint density at radius 1 is 1.40 bits per heavy atom. The monoisotopic (exact) mass is 313 g/mol. The fraction of sp³-hybridized carbons (Fsp3) is 0.583. The van der Waals surface area contributed by atoms with Crippen molar-refractivity contribution in [3.63, 3.8) is 0 Å². The van der Waals surface area contributed by atoms with Crippen molar-refractivity contribution in [3.05, 3.63) is 28.2 Å². The molecular formula is C12H19NOSn. The zero-order valence-corrected chi connectivity index (χ0v) is 13.1. The van der Waals surface area contributed by atoms with Gasteiger partial charge < -0.3 is 0 Å². The van der Waals surface area contributed by atoms with Crippen molar-refractivity contribution in [3.8, 4) is 0 Å². The van der Waals surface area contributed by atoms with E-state index in [1.165, 1.54) is 3.58 Å². The molecule has 0 saturated carbocycles. The molecule has 0 aliphatic carbocycles. The molecule has 0 amide bonds. The Labute approximate surface area is 102 Å². The summed E-state index contributed by atoms with van der Waals surface area (Å²) in [6.45, 7) is 11.6. The van der Waals surface area contributed by atoms with Gasteiger partial charge in [-0.15, -0.1) is 0 Å². The predicted molar refractivity (Wildman–Crippen MR) is 66.2 cm³/mol. The van der Waals surface area contributed by atoms with E-state index < -0.39 is 21.1 Å². The van der Waals surface area contributed by atoms with Gasteiger partial charge in [-0.05, 0) is 0 Å². The average molecular weight is 312 g/mol. The zero-order chi connectivity index (χ0) is 11.6. The summed E-state index contributed by atoms with van der Waals surface area (Å²) in [6, 6.07) is 2.09. The van der Waals surface area contributed by atoms with Crippen molar-refractivity contribution in [2.24, 2.45) is 0 Å². The Morgan fingerprint density at radius 2 is 2.00 bits per heavy atom. The molecule has 0 saturated heterocycles. The molecule has 15 heavy (non-hydrogen) atoms. The van der Waals surface area contributed by atoms with Gasteiger partial charge in [0, 0.05) is 0 Å². The Balaban J connectivity index is 3.12. The zero-order valence-electron chi connectivity index (χ0n) is 10.2. The van der Waals surface area contributed by atoms with Gasteiger partial charge in [0.2, 0.25) is 0 Å². The standard InChI is InChI=1S/C8H10NO.C4H9.Sn/c1-3-9-6-4-5-7(2)8(9)10;1-4(2)3;/h5-6H,3H2,1-2H3;1-3H3;. The maximum absolute atomic E-state index is 11.7. The first-order valence-corrected chi connectivity index (χ1v) is 8.18.